The van der Waals surface area contributed by atoms with E-state index in [0.717, 1.165) is 12.8 Å². The topological polar surface area (TPSA) is 19.4 Å². The molecule has 0 radical (unpaired) electrons. The fraction of sp³-hybridized carbons (Fsp3) is 0.321. The molecule has 5 heterocycles. The molecule has 0 saturated heterocycles. The van der Waals surface area contributed by atoms with Gasteiger partial charge in [0.1, 0.15) is 35.2 Å². The van der Waals surface area contributed by atoms with E-state index in [0.29, 0.717) is 11.8 Å². The van der Waals surface area contributed by atoms with Gasteiger partial charge in [0, 0.05) is 86.0 Å². The molecule has 0 aliphatic rings. The molecule has 5 nitrogen and oxygen atoms in total. The molecule has 0 saturated carbocycles. The number of pyridine rings is 5. The molecule has 0 atom stereocenters. The third-order valence-corrected chi connectivity index (χ3v) is 16.4. The Hall–Kier alpha value is -8.15. The molecule has 0 aliphatic carbocycles. The molecular weight excluding hydrogens is 1040 g/mol. The van der Waals surface area contributed by atoms with Crippen molar-refractivity contribution in [1.29, 1.82) is 0 Å². The summed E-state index contributed by atoms with van der Waals surface area (Å²) in [6.45, 7) is 37.0. The lowest BCUT2D eigenvalue weighted by molar-refractivity contribution is -0.661. The monoisotopic (exact) mass is 1140 g/mol. The van der Waals surface area contributed by atoms with Crippen molar-refractivity contribution in [2.24, 2.45) is 35.2 Å². The van der Waals surface area contributed by atoms with E-state index >= 15 is 0 Å². The van der Waals surface area contributed by atoms with Crippen molar-refractivity contribution < 1.29 is 22.8 Å². The molecule has 0 amide bonds. The molecule has 0 bridgehead atoms. The van der Waals surface area contributed by atoms with Gasteiger partial charge in [0.25, 0.3) is 0 Å². The lowest BCUT2D eigenvalue weighted by atomic mass is 9.96. The second-order valence-corrected chi connectivity index (χ2v) is 24.8. The molecule has 5 aromatic carbocycles. The van der Waals surface area contributed by atoms with Gasteiger partial charge in [-0.2, -0.15) is 0 Å². The average Bonchev–Trinajstić information content (AvgIpc) is 1.89. The number of aryl methyl sites for hydroxylation is 18. The van der Waals surface area contributed by atoms with Gasteiger partial charge in [-0.15, -0.1) is 0 Å². The lowest BCUT2D eigenvalue weighted by Gasteiger charge is -2.10. The van der Waals surface area contributed by atoms with Crippen LogP contribution in [0.2, 0.25) is 0 Å². The maximum atomic E-state index is 2.31. The van der Waals surface area contributed by atoms with E-state index in [1.807, 2.05) is 0 Å². The molecule has 5 heteroatoms. The highest BCUT2D eigenvalue weighted by Gasteiger charge is 2.18. The summed E-state index contributed by atoms with van der Waals surface area (Å²) < 4.78 is 11.0. The van der Waals surface area contributed by atoms with Gasteiger partial charge in [-0.1, -0.05) is 119 Å². The molecule has 0 fully saturated rings. The molecule has 10 rings (SSSR count). The molecule has 0 aliphatic heterocycles. The van der Waals surface area contributed by atoms with Crippen LogP contribution >= 0.6 is 0 Å². The minimum Gasteiger partial charge on any atom is -0.201 e. The Morgan fingerprint density at radius 3 is 0.826 bits per heavy atom. The van der Waals surface area contributed by atoms with Crippen LogP contribution in [0.15, 0.2) is 183 Å². The van der Waals surface area contributed by atoms with Crippen LogP contribution in [0.1, 0.15) is 137 Å². The number of hydrogen-bond acceptors (Lipinski definition) is 0. The zero-order valence-electron chi connectivity index (χ0n) is 56.6. The van der Waals surface area contributed by atoms with E-state index in [4.69, 9.17) is 0 Å². The SMILES string of the molecule is CCc1ccc(-c2ccc(C)c[n+]2C)c(C)c1.CCc1ccc(-c2ccc(C)cc2C)[n+](C)c1.Cc1ccc(-c2ccc(C(C)C)c[n+]2C)c(C)c1.Cc1ccc(-c2ccc(C(C)C)cc2C)[n+](C)c1.Cc1ccc(-c2ccc(C)c[n+]2C)c(C)c1. The highest BCUT2D eigenvalue weighted by molar-refractivity contribution is 5.65. The van der Waals surface area contributed by atoms with Crippen molar-refractivity contribution in [3.05, 3.63) is 266 Å². The summed E-state index contributed by atoms with van der Waals surface area (Å²) in [5.74, 6) is 1.16. The summed E-state index contributed by atoms with van der Waals surface area (Å²) in [4.78, 5) is 0. The van der Waals surface area contributed by atoms with Gasteiger partial charge in [0.05, 0.1) is 0 Å². The van der Waals surface area contributed by atoms with Crippen LogP contribution in [0.3, 0.4) is 0 Å². The first-order valence-corrected chi connectivity index (χ1v) is 31.1. The van der Waals surface area contributed by atoms with E-state index in [2.05, 4.69) is 358 Å². The average molecular weight is 1150 g/mol. The number of benzene rings is 5. The van der Waals surface area contributed by atoms with E-state index in [9.17, 15) is 0 Å². The Morgan fingerprint density at radius 2 is 0.523 bits per heavy atom. The maximum absolute atomic E-state index is 2.31. The van der Waals surface area contributed by atoms with Gasteiger partial charge in [0.2, 0.25) is 28.5 Å². The minimum atomic E-state index is 0.573. The second kappa shape index (κ2) is 30.8. The molecule has 10 aromatic rings. The Labute approximate surface area is 520 Å². The van der Waals surface area contributed by atoms with Crippen LogP contribution in [-0.4, -0.2) is 0 Å². The Balaban J connectivity index is 0.000000172. The van der Waals surface area contributed by atoms with Crippen molar-refractivity contribution in [2.45, 2.75) is 142 Å². The summed E-state index contributed by atoms with van der Waals surface area (Å²) in [5.41, 5.74) is 33.1. The summed E-state index contributed by atoms with van der Waals surface area (Å²) in [6, 6.07) is 55.4. The van der Waals surface area contributed by atoms with Crippen molar-refractivity contribution >= 4 is 0 Å². The van der Waals surface area contributed by atoms with Gasteiger partial charge in [-0.05, 0) is 200 Å². The molecule has 86 heavy (non-hydrogen) atoms. The van der Waals surface area contributed by atoms with Crippen molar-refractivity contribution in [3.8, 4) is 56.3 Å². The molecule has 5 aromatic heterocycles. The predicted octanol–water partition coefficient (Wildman–Crippen LogP) is 17.7. The summed E-state index contributed by atoms with van der Waals surface area (Å²) in [6.07, 6.45) is 13.1. The minimum absolute atomic E-state index is 0.573. The molecule has 0 unspecified atom stereocenters. The maximum Gasteiger partial charge on any atom is 0.212 e. The molecule has 0 spiro atoms. The van der Waals surface area contributed by atoms with Crippen LogP contribution in [0.25, 0.3) is 56.3 Å². The van der Waals surface area contributed by atoms with E-state index in [1.165, 1.54) is 140 Å². The lowest BCUT2D eigenvalue weighted by Crippen LogP contribution is -2.31. The van der Waals surface area contributed by atoms with Gasteiger partial charge >= 0.3 is 0 Å². The Bertz CT molecular complexity index is 3680. The second-order valence-electron chi connectivity index (χ2n) is 24.8. The third-order valence-electron chi connectivity index (χ3n) is 16.4. The highest BCUT2D eigenvalue weighted by atomic mass is 14.9. The summed E-state index contributed by atoms with van der Waals surface area (Å²) >= 11 is 0. The van der Waals surface area contributed by atoms with Gasteiger partial charge < -0.3 is 0 Å². The first-order valence-electron chi connectivity index (χ1n) is 31.1. The number of nitrogens with zero attached hydrogens (tertiary/aromatic N) is 5. The van der Waals surface area contributed by atoms with Gasteiger partial charge in [-0.25, -0.2) is 22.8 Å². The van der Waals surface area contributed by atoms with Crippen molar-refractivity contribution in [3.63, 3.8) is 0 Å². The van der Waals surface area contributed by atoms with Crippen LogP contribution in [0.4, 0.5) is 0 Å². The van der Waals surface area contributed by atoms with Crippen molar-refractivity contribution in [1.82, 2.24) is 0 Å². The standard InChI is InChI=1S/2C17H22N.2C16H20N.C15H18N/c1-12(2)15-7-8-16(14(4)10-15)17-9-6-13(3)11-18(17)5;1-12(2)15-7-9-17(18(5)11-15)16-8-6-13(3)10-14(16)4;1-5-14-7-8-15(13(3)10-14)16-9-6-12(2)11-17(16)4;1-5-14-7-9-16(17(4)11-14)15-8-6-12(2)10-13(15)3;1-11-5-7-14(13(3)9-11)15-8-6-12(2)10-16(15)4/h2*6-12H,1-5H3;2*6-11H,5H2,1-4H3;5-10H,1-4H3/q5*+1. The predicted molar refractivity (Wildman–Crippen MR) is 364 cm³/mol. The number of aromatic nitrogens is 5. The van der Waals surface area contributed by atoms with Gasteiger partial charge in [0.15, 0.2) is 31.0 Å². The van der Waals surface area contributed by atoms with Crippen LogP contribution in [0.5, 0.6) is 0 Å². The van der Waals surface area contributed by atoms with E-state index < -0.39 is 0 Å². The first-order chi connectivity index (χ1) is 40.8. The first kappa shape index (κ1) is 67.0. The van der Waals surface area contributed by atoms with Crippen LogP contribution in [0, 0.1) is 76.2 Å². The number of hydrogen-bond donors (Lipinski definition) is 0. The largest absolute Gasteiger partial charge is 0.212 e. The van der Waals surface area contributed by atoms with Crippen LogP contribution < -0.4 is 22.8 Å². The molecule has 446 valence electrons. The third kappa shape index (κ3) is 18.0. The normalized spacial score (nSPS) is 10.7. The summed E-state index contributed by atoms with van der Waals surface area (Å²) in [7, 11) is 10.6. The quantitative estimate of drug-likeness (QED) is 0.128. The van der Waals surface area contributed by atoms with E-state index in [1.54, 1.807) is 0 Å². The Morgan fingerprint density at radius 1 is 0.256 bits per heavy atom. The molecule has 0 N–H and O–H groups in total. The fourth-order valence-corrected chi connectivity index (χ4v) is 11.4. The fourth-order valence-electron chi connectivity index (χ4n) is 11.4. The van der Waals surface area contributed by atoms with E-state index in [-0.39, 0.29) is 0 Å². The molecular formula is C81H102N5+5. The zero-order valence-corrected chi connectivity index (χ0v) is 56.6. The summed E-state index contributed by atoms with van der Waals surface area (Å²) in [5, 5.41) is 0. The number of rotatable bonds is 9. The zero-order chi connectivity index (χ0) is 63.1. The van der Waals surface area contributed by atoms with Crippen LogP contribution in [-0.2, 0) is 48.1 Å². The highest BCUT2D eigenvalue weighted by Crippen LogP contribution is 2.28. The van der Waals surface area contributed by atoms with Gasteiger partial charge in [-0.3, -0.25) is 0 Å². The Kier molecular flexibility index (Phi) is 24.0. The van der Waals surface area contributed by atoms with Crippen molar-refractivity contribution in [2.75, 3.05) is 0 Å². The smallest absolute Gasteiger partial charge is 0.201 e.